The Kier molecular flexibility index (Phi) is 7.01. The molecule has 0 aliphatic carbocycles. The van der Waals surface area contributed by atoms with E-state index in [1.54, 1.807) is 17.0 Å². The summed E-state index contributed by atoms with van der Waals surface area (Å²) >= 11 is 0. The standard InChI is InChI=1S/C21H23F2N3O4S/c1-15-2-5-17(6-3-15)31(29,30)24-9-8-20(27)25-10-12-26(13-11-25)21(28)16-4-7-18(22)19(23)14-16/h2-7,14,24H,8-13H2,1H3. The van der Waals surface area contributed by atoms with Crippen LogP contribution < -0.4 is 4.72 Å². The van der Waals surface area contributed by atoms with Gasteiger partial charge >= 0.3 is 0 Å². The largest absolute Gasteiger partial charge is 0.339 e. The minimum Gasteiger partial charge on any atom is -0.339 e. The van der Waals surface area contributed by atoms with Gasteiger partial charge in [-0.2, -0.15) is 0 Å². The lowest BCUT2D eigenvalue weighted by molar-refractivity contribution is -0.132. The molecule has 1 aliphatic rings. The molecule has 0 spiro atoms. The number of piperazine rings is 1. The third kappa shape index (κ3) is 5.65. The maximum absolute atomic E-state index is 13.4. The predicted molar refractivity (Wildman–Crippen MR) is 110 cm³/mol. The number of aryl methyl sites for hydroxylation is 1. The number of hydrogen-bond acceptors (Lipinski definition) is 4. The Morgan fingerprint density at radius 1 is 0.935 bits per heavy atom. The Morgan fingerprint density at radius 2 is 1.55 bits per heavy atom. The second-order valence-electron chi connectivity index (χ2n) is 7.26. The molecule has 3 rings (SSSR count). The molecule has 0 aromatic heterocycles. The summed E-state index contributed by atoms with van der Waals surface area (Å²) in [5.74, 6) is -2.78. The topological polar surface area (TPSA) is 86.8 Å². The molecule has 0 saturated carbocycles. The van der Waals surface area contributed by atoms with Gasteiger partial charge in [0.2, 0.25) is 15.9 Å². The lowest BCUT2D eigenvalue weighted by Crippen LogP contribution is -2.51. The lowest BCUT2D eigenvalue weighted by Gasteiger charge is -2.35. The SMILES string of the molecule is Cc1ccc(S(=O)(=O)NCCC(=O)N2CCN(C(=O)c3ccc(F)c(F)c3)CC2)cc1. The fraction of sp³-hybridized carbons (Fsp3) is 0.333. The summed E-state index contributed by atoms with van der Waals surface area (Å²) < 4.78 is 53.4. The Morgan fingerprint density at radius 3 is 2.16 bits per heavy atom. The molecule has 0 atom stereocenters. The zero-order valence-electron chi connectivity index (χ0n) is 17.0. The molecule has 31 heavy (non-hydrogen) atoms. The van der Waals surface area contributed by atoms with Crippen molar-refractivity contribution < 1.29 is 26.8 Å². The summed E-state index contributed by atoms with van der Waals surface area (Å²) in [5, 5.41) is 0. The molecule has 0 unspecified atom stereocenters. The van der Waals surface area contributed by atoms with Crippen molar-refractivity contribution in [3.63, 3.8) is 0 Å². The van der Waals surface area contributed by atoms with Gasteiger partial charge in [0.05, 0.1) is 4.90 Å². The lowest BCUT2D eigenvalue weighted by atomic mass is 10.1. The third-order valence-corrected chi connectivity index (χ3v) is 6.53. The van der Waals surface area contributed by atoms with Crippen LogP contribution in [0.3, 0.4) is 0 Å². The van der Waals surface area contributed by atoms with E-state index in [0.29, 0.717) is 0 Å². The molecule has 0 radical (unpaired) electrons. The molecule has 10 heteroatoms. The second kappa shape index (κ2) is 9.52. The van der Waals surface area contributed by atoms with E-state index in [1.807, 2.05) is 6.92 Å². The number of hydrogen-bond donors (Lipinski definition) is 1. The maximum Gasteiger partial charge on any atom is 0.254 e. The summed E-state index contributed by atoms with van der Waals surface area (Å²) in [6, 6.07) is 9.38. The fourth-order valence-corrected chi connectivity index (χ4v) is 4.25. The highest BCUT2D eigenvalue weighted by molar-refractivity contribution is 7.89. The van der Waals surface area contributed by atoms with Gasteiger partial charge in [-0.25, -0.2) is 21.9 Å². The molecule has 2 aromatic rings. The van der Waals surface area contributed by atoms with Crippen LogP contribution in [0.1, 0.15) is 22.3 Å². The van der Waals surface area contributed by atoms with Gasteiger partial charge in [-0.1, -0.05) is 17.7 Å². The fourth-order valence-electron chi connectivity index (χ4n) is 3.22. The van der Waals surface area contributed by atoms with Crippen molar-refractivity contribution >= 4 is 21.8 Å². The van der Waals surface area contributed by atoms with Gasteiger partial charge in [-0.3, -0.25) is 9.59 Å². The molecule has 7 nitrogen and oxygen atoms in total. The molecule has 2 aromatic carbocycles. The van der Waals surface area contributed by atoms with Crippen LogP contribution in [0, 0.1) is 18.6 Å². The number of rotatable bonds is 6. The van der Waals surface area contributed by atoms with Crippen molar-refractivity contribution in [2.75, 3.05) is 32.7 Å². The number of benzene rings is 2. The molecule has 1 heterocycles. The van der Waals surface area contributed by atoms with E-state index in [-0.39, 0.29) is 55.5 Å². The minimum atomic E-state index is -3.69. The average Bonchev–Trinajstić information content (AvgIpc) is 2.75. The Balaban J connectivity index is 1.47. The van der Waals surface area contributed by atoms with Crippen molar-refractivity contribution in [2.24, 2.45) is 0 Å². The number of carbonyl (C=O) groups is 2. The smallest absolute Gasteiger partial charge is 0.254 e. The van der Waals surface area contributed by atoms with Crippen LogP contribution in [0.15, 0.2) is 47.4 Å². The van der Waals surface area contributed by atoms with Gasteiger partial charge in [-0.05, 0) is 37.3 Å². The van der Waals surface area contributed by atoms with Crippen molar-refractivity contribution in [3.8, 4) is 0 Å². The Labute approximate surface area is 179 Å². The van der Waals surface area contributed by atoms with Crippen LogP contribution in [-0.4, -0.2) is 62.8 Å². The molecular formula is C21H23F2N3O4S. The first-order valence-corrected chi connectivity index (χ1v) is 11.2. The molecule has 166 valence electrons. The van der Waals surface area contributed by atoms with Gasteiger partial charge in [0.25, 0.3) is 5.91 Å². The number of amides is 2. The average molecular weight is 451 g/mol. The zero-order valence-corrected chi connectivity index (χ0v) is 17.8. The number of sulfonamides is 1. The van der Waals surface area contributed by atoms with Crippen LogP contribution in [0.25, 0.3) is 0 Å². The first kappa shape index (κ1) is 22.8. The highest BCUT2D eigenvalue weighted by Crippen LogP contribution is 2.14. The van der Waals surface area contributed by atoms with E-state index in [1.165, 1.54) is 23.1 Å². The third-order valence-electron chi connectivity index (χ3n) is 5.05. The predicted octanol–water partition coefficient (Wildman–Crippen LogP) is 1.93. The van der Waals surface area contributed by atoms with Crippen LogP contribution in [0.5, 0.6) is 0 Å². The van der Waals surface area contributed by atoms with Crippen LogP contribution in [0.4, 0.5) is 8.78 Å². The van der Waals surface area contributed by atoms with Crippen molar-refractivity contribution in [1.29, 1.82) is 0 Å². The van der Waals surface area contributed by atoms with E-state index in [0.717, 1.165) is 17.7 Å². The van der Waals surface area contributed by atoms with Crippen molar-refractivity contribution in [1.82, 2.24) is 14.5 Å². The van der Waals surface area contributed by atoms with Crippen LogP contribution in [0.2, 0.25) is 0 Å². The highest BCUT2D eigenvalue weighted by Gasteiger charge is 2.25. The molecule has 0 bridgehead atoms. The molecule has 1 N–H and O–H groups in total. The molecule has 1 aliphatic heterocycles. The van der Waals surface area contributed by atoms with Gasteiger partial charge in [0, 0.05) is 44.7 Å². The summed E-state index contributed by atoms with van der Waals surface area (Å²) in [7, 11) is -3.69. The number of nitrogens with one attached hydrogen (secondary N) is 1. The zero-order chi connectivity index (χ0) is 22.6. The normalized spacial score (nSPS) is 14.5. The van der Waals surface area contributed by atoms with Crippen LogP contribution in [-0.2, 0) is 14.8 Å². The van der Waals surface area contributed by atoms with E-state index in [9.17, 15) is 26.8 Å². The van der Waals surface area contributed by atoms with Crippen molar-refractivity contribution in [2.45, 2.75) is 18.2 Å². The van der Waals surface area contributed by atoms with E-state index in [4.69, 9.17) is 0 Å². The van der Waals surface area contributed by atoms with E-state index < -0.39 is 27.6 Å². The van der Waals surface area contributed by atoms with Gasteiger partial charge in [0.15, 0.2) is 11.6 Å². The minimum absolute atomic E-state index is 0.0117. The highest BCUT2D eigenvalue weighted by atomic mass is 32.2. The molecule has 1 saturated heterocycles. The van der Waals surface area contributed by atoms with E-state index >= 15 is 0 Å². The first-order chi connectivity index (χ1) is 14.7. The maximum atomic E-state index is 13.4. The van der Waals surface area contributed by atoms with Crippen molar-refractivity contribution in [3.05, 3.63) is 65.2 Å². The molecular weight excluding hydrogens is 428 g/mol. The van der Waals surface area contributed by atoms with Crippen LogP contribution >= 0.6 is 0 Å². The molecule has 1 fully saturated rings. The molecule has 2 amide bonds. The Bertz CT molecular complexity index is 1070. The van der Waals surface area contributed by atoms with Gasteiger partial charge < -0.3 is 9.80 Å². The number of carbonyl (C=O) groups excluding carboxylic acids is 2. The first-order valence-electron chi connectivity index (χ1n) is 9.76. The number of halogens is 2. The summed E-state index contributed by atoms with van der Waals surface area (Å²) in [6.07, 6.45) is -0.0117. The summed E-state index contributed by atoms with van der Waals surface area (Å²) in [4.78, 5) is 28.0. The van der Waals surface area contributed by atoms with Gasteiger partial charge in [-0.15, -0.1) is 0 Å². The summed E-state index contributed by atoms with van der Waals surface area (Å²) in [5.41, 5.74) is 0.987. The summed E-state index contributed by atoms with van der Waals surface area (Å²) in [6.45, 7) is 2.87. The van der Waals surface area contributed by atoms with E-state index in [2.05, 4.69) is 4.72 Å². The quantitative estimate of drug-likeness (QED) is 0.727. The second-order valence-corrected chi connectivity index (χ2v) is 9.03. The van der Waals surface area contributed by atoms with Gasteiger partial charge in [0.1, 0.15) is 0 Å². The number of nitrogens with zero attached hydrogens (tertiary/aromatic N) is 2. The Hall–Kier alpha value is -2.85. The monoisotopic (exact) mass is 451 g/mol.